The van der Waals surface area contributed by atoms with Crippen LogP contribution in [0, 0.1) is 27.7 Å². The monoisotopic (exact) mass is 448 g/mol. The van der Waals surface area contributed by atoms with Gasteiger partial charge in [-0.3, -0.25) is 4.79 Å². The van der Waals surface area contributed by atoms with Crippen LogP contribution in [0.25, 0.3) is 22.6 Å². The minimum Gasteiger partial charge on any atom is -0.482 e. The predicted octanol–water partition coefficient (Wildman–Crippen LogP) is 6.08. The zero-order chi connectivity index (χ0) is 22.8. The summed E-state index contributed by atoms with van der Waals surface area (Å²) in [5.74, 6) is 0.912. The van der Waals surface area contributed by atoms with Crippen LogP contribution in [0.1, 0.15) is 27.8 Å². The summed E-state index contributed by atoms with van der Waals surface area (Å²) in [6, 6.07) is 15.6. The Morgan fingerprint density at radius 1 is 1.00 bits per heavy atom. The van der Waals surface area contributed by atoms with Crippen LogP contribution < -0.4 is 10.1 Å². The molecule has 0 radical (unpaired) electrons. The third-order valence-electron chi connectivity index (χ3n) is 5.42. The fraction of sp³-hybridized carbons (Fsp3) is 0.231. The maximum atomic E-state index is 12.2. The highest BCUT2D eigenvalue weighted by molar-refractivity contribution is 6.32. The number of amides is 1. The average Bonchev–Trinajstić information content (AvgIpc) is 3.14. The molecular weight excluding hydrogens is 424 g/mol. The molecule has 0 spiro atoms. The Morgan fingerprint density at radius 3 is 2.44 bits per heavy atom. The van der Waals surface area contributed by atoms with Crippen LogP contribution in [-0.4, -0.2) is 17.5 Å². The number of oxazole rings is 1. The van der Waals surface area contributed by atoms with E-state index in [0.717, 1.165) is 33.4 Å². The Hall–Kier alpha value is -3.31. The molecule has 0 fully saturated rings. The molecule has 164 valence electrons. The smallest absolute Gasteiger partial charge is 0.258 e. The molecule has 0 atom stereocenters. The second kappa shape index (κ2) is 9.05. The fourth-order valence-corrected chi connectivity index (χ4v) is 3.92. The van der Waals surface area contributed by atoms with Gasteiger partial charge in [-0.15, -0.1) is 0 Å². The van der Waals surface area contributed by atoms with E-state index in [2.05, 4.69) is 24.1 Å². The Balaban J connectivity index is 1.35. The van der Waals surface area contributed by atoms with Gasteiger partial charge in [-0.05, 0) is 85.8 Å². The van der Waals surface area contributed by atoms with E-state index in [0.29, 0.717) is 23.2 Å². The lowest BCUT2D eigenvalue weighted by atomic mass is 10.1. The van der Waals surface area contributed by atoms with Gasteiger partial charge in [0.2, 0.25) is 5.89 Å². The lowest BCUT2D eigenvalue weighted by Gasteiger charge is -2.12. The van der Waals surface area contributed by atoms with Crippen LogP contribution in [0.5, 0.6) is 5.75 Å². The molecule has 32 heavy (non-hydrogen) atoms. The SMILES string of the molecule is Cc1cc(C)c(OCC(=O)NCc2ccc(-c3nc4cc(C)c(C)cc4o3)cc2)c(Cl)c1. The standard InChI is InChI=1S/C26H25ClN2O3/c1-15-9-18(4)25(21(27)10-15)31-14-24(30)28-13-19-5-7-20(8-6-19)26-29-22-11-16(2)17(3)12-23(22)32-26/h5-12H,13-14H2,1-4H3,(H,28,30). The number of halogens is 1. The number of rotatable bonds is 6. The maximum Gasteiger partial charge on any atom is 0.258 e. The van der Waals surface area contributed by atoms with Gasteiger partial charge in [-0.25, -0.2) is 4.98 Å². The summed E-state index contributed by atoms with van der Waals surface area (Å²) < 4.78 is 11.6. The van der Waals surface area contributed by atoms with Crippen molar-refractivity contribution in [2.24, 2.45) is 0 Å². The van der Waals surface area contributed by atoms with Gasteiger partial charge in [0.05, 0.1) is 5.02 Å². The van der Waals surface area contributed by atoms with Gasteiger partial charge in [0, 0.05) is 12.1 Å². The first kappa shape index (κ1) is 21.9. The van der Waals surface area contributed by atoms with Crippen LogP contribution in [-0.2, 0) is 11.3 Å². The maximum absolute atomic E-state index is 12.2. The average molecular weight is 449 g/mol. The lowest BCUT2D eigenvalue weighted by molar-refractivity contribution is -0.123. The first-order valence-corrected chi connectivity index (χ1v) is 10.8. The van der Waals surface area contributed by atoms with Gasteiger partial charge in [-0.1, -0.05) is 29.8 Å². The van der Waals surface area contributed by atoms with Gasteiger partial charge in [0.25, 0.3) is 5.91 Å². The van der Waals surface area contributed by atoms with E-state index >= 15 is 0 Å². The number of nitrogens with one attached hydrogen (secondary N) is 1. The van der Waals surface area contributed by atoms with Crippen molar-refractivity contribution in [2.45, 2.75) is 34.2 Å². The molecule has 5 nitrogen and oxygen atoms in total. The highest BCUT2D eigenvalue weighted by Gasteiger charge is 2.11. The van der Waals surface area contributed by atoms with Crippen LogP contribution in [0.15, 0.2) is 52.9 Å². The van der Waals surface area contributed by atoms with E-state index in [-0.39, 0.29) is 12.5 Å². The summed E-state index contributed by atoms with van der Waals surface area (Å²) in [4.78, 5) is 16.8. The van der Waals surface area contributed by atoms with Crippen molar-refractivity contribution in [3.8, 4) is 17.2 Å². The van der Waals surface area contributed by atoms with E-state index in [4.69, 9.17) is 20.8 Å². The number of hydrogen-bond donors (Lipinski definition) is 1. The van der Waals surface area contributed by atoms with Crippen molar-refractivity contribution < 1.29 is 13.9 Å². The van der Waals surface area contributed by atoms with E-state index in [1.807, 2.05) is 62.4 Å². The molecule has 1 amide bonds. The van der Waals surface area contributed by atoms with Gasteiger partial charge in [0.1, 0.15) is 11.3 Å². The predicted molar refractivity (Wildman–Crippen MR) is 127 cm³/mol. The molecule has 4 aromatic rings. The first-order valence-electron chi connectivity index (χ1n) is 10.4. The highest BCUT2D eigenvalue weighted by atomic mass is 35.5. The van der Waals surface area contributed by atoms with Crippen molar-refractivity contribution in [3.63, 3.8) is 0 Å². The number of hydrogen-bond acceptors (Lipinski definition) is 4. The zero-order valence-corrected chi connectivity index (χ0v) is 19.3. The van der Waals surface area contributed by atoms with Crippen molar-refractivity contribution in [1.29, 1.82) is 0 Å². The molecule has 4 rings (SSSR count). The molecule has 1 N–H and O–H groups in total. The molecule has 0 aliphatic carbocycles. The number of aryl methyl sites for hydroxylation is 4. The molecule has 0 unspecified atom stereocenters. The largest absolute Gasteiger partial charge is 0.482 e. The minimum atomic E-state index is -0.213. The summed E-state index contributed by atoms with van der Waals surface area (Å²) in [7, 11) is 0. The van der Waals surface area contributed by atoms with Gasteiger partial charge in [-0.2, -0.15) is 0 Å². The van der Waals surface area contributed by atoms with Gasteiger partial charge in [0.15, 0.2) is 12.2 Å². The Bertz CT molecular complexity index is 1230. The number of benzene rings is 3. The number of aromatic nitrogens is 1. The van der Waals surface area contributed by atoms with Crippen molar-refractivity contribution in [1.82, 2.24) is 10.3 Å². The van der Waals surface area contributed by atoms with Crippen molar-refractivity contribution in [2.75, 3.05) is 6.61 Å². The van der Waals surface area contributed by atoms with Crippen LogP contribution in [0.4, 0.5) is 0 Å². The molecule has 0 saturated carbocycles. The molecule has 1 aromatic heterocycles. The Morgan fingerprint density at radius 2 is 1.72 bits per heavy atom. The normalized spacial score (nSPS) is 11.0. The van der Waals surface area contributed by atoms with Gasteiger partial charge < -0.3 is 14.5 Å². The quantitative estimate of drug-likeness (QED) is 0.388. The summed E-state index contributed by atoms with van der Waals surface area (Å²) in [5.41, 5.74) is 7.81. The highest BCUT2D eigenvalue weighted by Crippen LogP contribution is 2.30. The lowest BCUT2D eigenvalue weighted by Crippen LogP contribution is -2.28. The first-order chi connectivity index (χ1) is 15.3. The van der Waals surface area contributed by atoms with E-state index in [9.17, 15) is 4.79 Å². The number of carbonyl (C=O) groups is 1. The topological polar surface area (TPSA) is 64.4 Å². The molecule has 6 heteroatoms. The van der Waals surface area contributed by atoms with Gasteiger partial charge >= 0.3 is 0 Å². The number of carbonyl (C=O) groups excluding carboxylic acids is 1. The van der Waals surface area contributed by atoms with Crippen molar-refractivity contribution >= 4 is 28.6 Å². The molecule has 3 aromatic carbocycles. The number of nitrogens with zero attached hydrogens (tertiary/aromatic N) is 1. The Kier molecular flexibility index (Phi) is 6.19. The third-order valence-corrected chi connectivity index (χ3v) is 5.70. The van der Waals surface area contributed by atoms with E-state index in [1.54, 1.807) is 0 Å². The molecule has 0 saturated heterocycles. The molecular formula is C26H25ClN2O3. The summed E-state index contributed by atoms with van der Waals surface area (Å²) in [6.45, 7) is 8.30. The van der Waals surface area contributed by atoms with E-state index < -0.39 is 0 Å². The summed E-state index contributed by atoms with van der Waals surface area (Å²) in [5, 5.41) is 3.38. The van der Waals surface area contributed by atoms with E-state index in [1.165, 1.54) is 11.1 Å². The second-order valence-electron chi connectivity index (χ2n) is 8.08. The van der Waals surface area contributed by atoms with Crippen LogP contribution in [0.2, 0.25) is 5.02 Å². The summed E-state index contributed by atoms with van der Waals surface area (Å²) >= 11 is 6.23. The fourth-order valence-electron chi connectivity index (χ4n) is 3.54. The summed E-state index contributed by atoms with van der Waals surface area (Å²) in [6.07, 6.45) is 0. The van der Waals surface area contributed by atoms with Crippen LogP contribution >= 0.6 is 11.6 Å². The van der Waals surface area contributed by atoms with Crippen molar-refractivity contribution in [3.05, 3.63) is 81.4 Å². The molecule has 1 heterocycles. The number of ether oxygens (including phenoxy) is 1. The third kappa shape index (κ3) is 4.78. The molecule has 0 aliphatic rings. The second-order valence-corrected chi connectivity index (χ2v) is 8.49. The number of fused-ring (bicyclic) bond motifs is 1. The molecule has 0 bridgehead atoms. The zero-order valence-electron chi connectivity index (χ0n) is 18.6. The molecule has 0 aliphatic heterocycles. The Labute approximate surface area is 192 Å². The van der Waals surface area contributed by atoms with Crippen LogP contribution in [0.3, 0.4) is 0 Å². The minimum absolute atomic E-state index is 0.0938.